The van der Waals surface area contributed by atoms with Crippen molar-refractivity contribution in [1.29, 1.82) is 0 Å². The van der Waals surface area contributed by atoms with Gasteiger partial charge in [-0.1, -0.05) is 12.1 Å². The second-order valence-electron chi connectivity index (χ2n) is 6.35. The van der Waals surface area contributed by atoms with Crippen molar-refractivity contribution in [2.24, 2.45) is 0 Å². The maximum Gasteiger partial charge on any atom is 0.416 e. The summed E-state index contributed by atoms with van der Waals surface area (Å²) in [5, 5.41) is 14.1. The SMILES string of the molecule is CN(Cc1ccc(C(F)(F)F)cc1)c1cc2c(cc1[N+](=O)[O-])CCC(=O)N2. The molecule has 0 bridgehead atoms. The first kappa shape index (κ1) is 18.7. The van der Waals surface area contributed by atoms with Gasteiger partial charge in [0.25, 0.3) is 5.69 Å². The molecule has 1 amide bonds. The summed E-state index contributed by atoms with van der Waals surface area (Å²) in [5.41, 5.74) is 1.19. The second kappa shape index (κ2) is 6.90. The molecule has 1 aliphatic rings. The summed E-state index contributed by atoms with van der Waals surface area (Å²) >= 11 is 0. The monoisotopic (exact) mass is 379 g/mol. The normalized spacial score (nSPS) is 13.7. The lowest BCUT2D eigenvalue weighted by atomic mass is 10.0. The van der Waals surface area contributed by atoms with Crippen molar-refractivity contribution in [1.82, 2.24) is 0 Å². The highest BCUT2D eigenvalue weighted by atomic mass is 19.4. The van der Waals surface area contributed by atoms with Gasteiger partial charge in [0.15, 0.2) is 0 Å². The molecule has 6 nitrogen and oxygen atoms in total. The Labute approximate surface area is 152 Å². The van der Waals surface area contributed by atoms with E-state index >= 15 is 0 Å². The molecule has 27 heavy (non-hydrogen) atoms. The molecule has 0 saturated heterocycles. The van der Waals surface area contributed by atoms with E-state index in [1.165, 1.54) is 24.3 Å². The van der Waals surface area contributed by atoms with E-state index in [-0.39, 0.29) is 30.2 Å². The van der Waals surface area contributed by atoms with Crippen LogP contribution in [0, 0.1) is 10.1 Å². The Morgan fingerprint density at radius 3 is 2.44 bits per heavy atom. The summed E-state index contributed by atoms with van der Waals surface area (Å²) in [6.07, 6.45) is -3.73. The summed E-state index contributed by atoms with van der Waals surface area (Å²) < 4.78 is 38.0. The number of hydrogen-bond acceptors (Lipinski definition) is 4. The number of fused-ring (bicyclic) bond motifs is 1. The summed E-state index contributed by atoms with van der Waals surface area (Å²) in [6.45, 7) is 0.172. The Balaban J connectivity index is 1.89. The van der Waals surface area contributed by atoms with Crippen LogP contribution in [0.4, 0.5) is 30.2 Å². The van der Waals surface area contributed by atoms with Crippen LogP contribution >= 0.6 is 0 Å². The zero-order valence-electron chi connectivity index (χ0n) is 14.3. The molecule has 2 aromatic carbocycles. The number of hydrogen-bond donors (Lipinski definition) is 1. The number of carbonyl (C=O) groups is 1. The third-order valence-corrected chi connectivity index (χ3v) is 4.40. The fourth-order valence-electron chi connectivity index (χ4n) is 3.01. The molecule has 0 spiro atoms. The lowest BCUT2D eigenvalue weighted by Gasteiger charge is -2.23. The number of nitrogens with zero attached hydrogens (tertiary/aromatic N) is 2. The van der Waals surface area contributed by atoms with Gasteiger partial charge in [-0.2, -0.15) is 13.2 Å². The van der Waals surface area contributed by atoms with Gasteiger partial charge in [-0.05, 0) is 35.7 Å². The van der Waals surface area contributed by atoms with Gasteiger partial charge in [-0.15, -0.1) is 0 Å². The number of nitrogens with one attached hydrogen (secondary N) is 1. The summed E-state index contributed by atoms with van der Waals surface area (Å²) in [4.78, 5) is 24.1. The van der Waals surface area contributed by atoms with Crippen LogP contribution in [-0.4, -0.2) is 17.9 Å². The highest BCUT2D eigenvalue weighted by molar-refractivity contribution is 5.95. The van der Waals surface area contributed by atoms with Crippen LogP contribution < -0.4 is 10.2 Å². The Hall–Kier alpha value is -3.10. The van der Waals surface area contributed by atoms with Crippen molar-refractivity contribution in [3.63, 3.8) is 0 Å². The van der Waals surface area contributed by atoms with E-state index < -0.39 is 16.7 Å². The average Bonchev–Trinajstić information content (AvgIpc) is 2.60. The van der Waals surface area contributed by atoms with Crippen molar-refractivity contribution in [3.8, 4) is 0 Å². The number of amides is 1. The Kier molecular flexibility index (Phi) is 4.77. The average molecular weight is 379 g/mol. The van der Waals surface area contributed by atoms with Gasteiger partial charge < -0.3 is 10.2 Å². The summed E-state index contributed by atoms with van der Waals surface area (Å²) in [5.74, 6) is -0.160. The standard InChI is InChI=1S/C18H16F3N3O3/c1-23(10-11-2-5-13(6-3-11)18(19,20)21)15-9-14-12(4-7-17(25)22-14)8-16(15)24(26)27/h2-3,5-6,8-9H,4,7,10H2,1H3,(H,22,25). The molecule has 142 valence electrons. The molecular weight excluding hydrogens is 363 g/mol. The van der Waals surface area contributed by atoms with E-state index in [2.05, 4.69) is 5.32 Å². The number of aryl methyl sites for hydroxylation is 1. The molecule has 2 aromatic rings. The molecule has 1 N–H and O–H groups in total. The smallest absolute Gasteiger partial charge is 0.365 e. The van der Waals surface area contributed by atoms with Gasteiger partial charge in [0, 0.05) is 31.8 Å². The molecule has 0 fully saturated rings. The minimum absolute atomic E-state index is 0.112. The molecule has 0 unspecified atom stereocenters. The van der Waals surface area contributed by atoms with E-state index in [1.807, 2.05) is 0 Å². The molecule has 1 heterocycles. The van der Waals surface area contributed by atoms with E-state index in [4.69, 9.17) is 0 Å². The van der Waals surface area contributed by atoms with Crippen LogP contribution in [-0.2, 0) is 23.9 Å². The number of rotatable bonds is 4. The van der Waals surface area contributed by atoms with Gasteiger partial charge in [0.1, 0.15) is 5.69 Å². The van der Waals surface area contributed by atoms with Crippen molar-refractivity contribution >= 4 is 23.0 Å². The number of carbonyl (C=O) groups excluding carboxylic acids is 1. The Morgan fingerprint density at radius 1 is 1.19 bits per heavy atom. The minimum Gasteiger partial charge on any atom is -0.365 e. The predicted molar refractivity (Wildman–Crippen MR) is 93.6 cm³/mol. The number of nitro groups is 1. The van der Waals surface area contributed by atoms with E-state index in [1.54, 1.807) is 11.9 Å². The van der Waals surface area contributed by atoms with E-state index in [0.29, 0.717) is 23.2 Å². The molecule has 1 aliphatic heterocycles. The number of nitro benzene ring substituents is 1. The summed E-state index contributed by atoms with van der Waals surface area (Å²) in [7, 11) is 1.61. The van der Waals surface area contributed by atoms with E-state index in [9.17, 15) is 28.1 Å². The number of halogens is 3. The van der Waals surface area contributed by atoms with Crippen molar-refractivity contribution in [2.75, 3.05) is 17.3 Å². The largest absolute Gasteiger partial charge is 0.416 e. The second-order valence-corrected chi connectivity index (χ2v) is 6.35. The molecular formula is C18H16F3N3O3. The van der Waals surface area contributed by atoms with Crippen molar-refractivity contribution in [2.45, 2.75) is 25.6 Å². The van der Waals surface area contributed by atoms with Gasteiger partial charge in [0.05, 0.1) is 10.5 Å². The first-order valence-electron chi connectivity index (χ1n) is 8.13. The Morgan fingerprint density at radius 2 is 1.85 bits per heavy atom. The Bertz CT molecular complexity index is 895. The number of anilines is 2. The molecule has 0 aromatic heterocycles. The van der Waals surface area contributed by atoms with Crippen LogP contribution in [0.5, 0.6) is 0 Å². The molecule has 0 aliphatic carbocycles. The van der Waals surface area contributed by atoms with Gasteiger partial charge >= 0.3 is 6.18 Å². The third kappa shape index (κ3) is 4.02. The topological polar surface area (TPSA) is 75.5 Å². The lowest BCUT2D eigenvalue weighted by Crippen LogP contribution is -2.22. The van der Waals surface area contributed by atoms with Gasteiger partial charge in [-0.3, -0.25) is 14.9 Å². The number of benzene rings is 2. The molecule has 3 rings (SSSR count). The third-order valence-electron chi connectivity index (χ3n) is 4.40. The van der Waals surface area contributed by atoms with Crippen LogP contribution in [0.2, 0.25) is 0 Å². The number of alkyl halides is 3. The van der Waals surface area contributed by atoms with Crippen LogP contribution in [0.25, 0.3) is 0 Å². The predicted octanol–water partition coefficient (Wildman–Crippen LogP) is 4.13. The molecule has 0 radical (unpaired) electrons. The van der Waals surface area contributed by atoms with Crippen LogP contribution in [0.1, 0.15) is 23.1 Å². The zero-order chi connectivity index (χ0) is 19.8. The lowest BCUT2D eigenvalue weighted by molar-refractivity contribution is -0.384. The molecule has 0 saturated carbocycles. The summed E-state index contributed by atoms with van der Waals surface area (Å²) in [6, 6.07) is 7.61. The highest BCUT2D eigenvalue weighted by Gasteiger charge is 2.30. The van der Waals surface area contributed by atoms with Crippen molar-refractivity contribution < 1.29 is 22.9 Å². The van der Waals surface area contributed by atoms with E-state index in [0.717, 1.165) is 12.1 Å². The van der Waals surface area contributed by atoms with Gasteiger partial charge in [-0.25, -0.2) is 0 Å². The van der Waals surface area contributed by atoms with Gasteiger partial charge in [0.2, 0.25) is 5.91 Å². The zero-order valence-corrected chi connectivity index (χ0v) is 14.3. The fourth-order valence-corrected chi connectivity index (χ4v) is 3.01. The molecule has 0 atom stereocenters. The maximum atomic E-state index is 12.7. The molecule has 9 heteroatoms. The van der Waals surface area contributed by atoms with Crippen molar-refractivity contribution in [3.05, 3.63) is 63.2 Å². The first-order valence-corrected chi connectivity index (χ1v) is 8.13. The van der Waals surface area contributed by atoms with Crippen LogP contribution in [0.3, 0.4) is 0 Å². The quantitative estimate of drug-likeness (QED) is 0.640. The highest BCUT2D eigenvalue weighted by Crippen LogP contribution is 2.36. The maximum absolute atomic E-state index is 12.7. The first-order chi connectivity index (χ1) is 12.6. The van der Waals surface area contributed by atoms with Crippen LogP contribution in [0.15, 0.2) is 36.4 Å². The fraction of sp³-hybridized carbons (Fsp3) is 0.278. The minimum atomic E-state index is -4.42.